The van der Waals surface area contributed by atoms with Crippen molar-refractivity contribution in [1.82, 2.24) is 4.98 Å². The average Bonchev–Trinajstić information content (AvgIpc) is 2.80. The van der Waals surface area contributed by atoms with Crippen LogP contribution in [0.4, 0.5) is 0 Å². The maximum atomic E-state index is 4.83. The first-order valence-electron chi connectivity index (χ1n) is 10.1. The van der Waals surface area contributed by atoms with Crippen molar-refractivity contribution in [3.8, 4) is 0 Å². The minimum atomic E-state index is -2.12. The van der Waals surface area contributed by atoms with E-state index in [1.165, 1.54) is 16.1 Å². The van der Waals surface area contributed by atoms with Crippen LogP contribution in [0.2, 0.25) is 12.1 Å². The molecular weight excluding hydrogens is 354 g/mol. The molecule has 140 valence electrons. The number of allylic oxidation sites excluding steroid dienone is 4. The quantitative estimate of drug-likeness (QED) is 0.559. The minimum absolute atomic E-state index is 0.0946. The van der Waals surface area contributed by atoms with Crippen LogP contribution < -0.4 is 10.4 Å². The normalized spacial score (nSPS) is 21.6. The summed E-state index contributed by atoms with van der Waals surface area (Å²) in [6.07, 6.45) is 12.2. The Morgan fingerprint density at radius 3 is 1.96 bits per heavy atom. The fourth-order valence-corrected chi connectivity index (χ4v) is 9.68. The molecule has 0 bridgehead atoms. The zero-order valence-electron chi connectivity index (χ0n) is 16.6. The second kappa shape index (κ2) is 7.73. The standard InChI is InChI=1S/C26H27NSi/c1-3-26(24-18-11-13-21-27-24)20-12-10-19-25(26)28(2,22-14-6-4-7-15-22)23-16-8-5-9-17-23/h4-21,25H,3H2,1-2H3/t25?,26-/m0/s1. The number of rotatable bonds is 5. The highest BCUT2D eigenvalue weighted by Crippen LogP contribution is 2.48. The largest absolute Gasteiger partial charge is 0.260 e. The van der Waals surface area contributed by atoms with Crippen molar-refractivity contribution >= 4 is 18.4 Å². The zero-order chi connectivity index (χ0) is 19.5. The molecule has 0 radical (unpaired) electrons. The molecule has 1 aliphatic rings. The number of aromatic nitrogens is 1. The molecule has 1 aromatic heterocycles. The summed E-state index contributed by atoms with van der Waals surface area (Å²) in [5.74, 6) is 0. The number of nitrogens with zero attached hydrogens (tertiary/aromatic N) is 1. The predicted octanol–water partition coefficient (Wildman–Crippen LogP) is 5.12. The molecule has 1 nitrogen and oxygen atoms in total. The van der Waals surface area contributed by atoms with E-state index in [1.54, 1.807) is 0 Å². The van der Waals surface area contributed by atoms with Crippen molar-refractivity contribution in [1.29, 1.82) is 0 Å². The van der Waals surface area contributed by atoms with Gasteiger partial charge >= 0.3 is 0 Å². The van der Waals surface area contributed by atoms with Crippen LogP contribution in [-0.2, 0) is 5.41 Å². The molecule has 0 fully saturated rings. The van der Waals surface area contributed by atoms with Gasteiger partial charge in [-0.1, -0.05) is 115 Å². The highest BCUT2D eigenvalue weighted by Gasteiger charge is 2.50. The maximum Gasteiger partial charge on any atom is 0.123 e. The van der Waals surface area contributed by atoms with Crippen molar-refractivity contribution in [2.75, 3.05) is 0 Å². The van der Waals surface area contributed by atoms with Gasteiger partial charge in [-0.3, -0.25) is 4.98 Å². The highest BCUT2D eigenvalue weighted by molar-refractivity contribution is 7.03. The van der Waals surface area contributed by atoms with Gasteiger partial charge in [0.25, 0.3) is 0 Å². The van der Waals surface area contributed by atoms with Crippen LogP contribution in [0.3, 0.4) is 0 Å². The third-order valence-electron chi connectivity index (χ3n) is 6.46. The Hall–Kier alpha value is -2.71. The molecule has 1 heterocycles. The number of pyridine rings is 1. The molecule has 0 spiro atoms. The van der Waals surface area contributed by atoms with Gasteiger partial charge in [0.05, 0.1) is 5.69 Å². The molecule has 2 atom stereocenters. The Morgan fingerprint density at radius 2 is 1.43 bits per heavy atom. The number of hydrogen-bond donors (Lipinski definition) is 0. The Kier molecular flexibility index (Phi) is 5.14. The van der Waals surface area contributed by atoms with E-state index in [-0.39, 0.29) is 5.41 Å². The van der Waals surface area contributed by atoms with E-state index >= 15 is 0 Å². The van der Waals surface area contributed by atoms with Crippen LogP contribution in [0.5, 0.6) is 0 Å². The third kappa shape index (κ3) is 2.98. The second-order valence-corrected chi connectivity index (χ2v) is 11.9. The van der Waals surface area contributed by atoms with Crippen molar-refractivity contribution in [3.63, 3.8) is 0 Å². The lowest BCUT2D eigenvalue weighted by molar-refractivity contribution is 0.494. The molecule has 4 rings (SSSR count). The number of hydrogen-bond acceptors (Lipinski definition) is 1. The summed E-state index contributed by atoms with van der Waals surface area (Å²) < 4.78 is 0. The molecule has 0 amide bonds. The van der Waals surface area contributed by atoms with Gasteiger partial charge < -0.3 is 0 Å². The molecule has 2 aromatic carbocycles. The summed E-state index contributed by atoms with van der Waals surface area (Å²) in [6, 6.07) is 28.6. The first-order chi connectivity index (χ1) is 13.7. The summed E-state index contributed by atoms with van der Waals surface area (Å²) >= 11 is 0. The number of benzene rings is 2. The Balaban J connectivity index is 1.97. The predicted molar refractivity (Wildman–Crippen MR) is 122 cm³/mol. The highest BCUT2D eigenvalue weighted by atomic mass is 28.3. The van der Waals surface area contributed by atoms with Gasteiger partial charge in [-0.25, -0.2) is 0 Å². The van der Waals surface area contributed by atoms with Gasteiger partial charge in [0.2, 0.25) is 0 Å². The van der Waals surface area contributed by atoms with E-state index in [9.17, 15) is 0 Å². The summed E-state index contributed by atoms with van der Waals surface area (Å²) in [6.45, 7) is 4.83. The van der Waals surface area contributed by atoms with Crippen LogP contribution in [0.25, 0.3) is 0 Å². The van der Waals surface area contributed by atoms with Crippen LogP contribution in [0.1, 0.15) is 19.0 Å². The molecule has 1 unspecified atom stereocenters. The molecule has 2 heteroatoms. The summed E-state index contributed by atoms with van der Waals surface area (Å²) in [5, 5.41) is 2.94. The van der Waals surface area contributed by atoms with Gasteiger partial charge in [0.15, 0.2) is 0 Å². The summed E-state index contributed by atoms with van der Waals surface area (Å²) in [7, 11) is -2.12. The van der Waals surface area contributed by atoms with Gasteiger partial charge in [0, 0.05) is 11.6 Å². The molecule has 0 N–H and O–H groups in total. The summed E-state index contributed by atoms with van der Waals surface area (Å²) in [5.41, 5.74) is 1.46. The molecular formula is C26H27NSi. The topological polar surface area (TPSA) is 12.9 Å². The maximum absolute atomic E-state index is 4.83. The van der Waals surface area contributed by atoms with Crippen LogP contribution >= 0.6 is 0 Å². The third-order valence-corrected chi connectivity index (χ3v) is 11.5. The average molecular weight is 382 g/mol. The first kappa shape index (κ1) is 18.6. The van der Waals surface area contributed by atoms with E-state index in [2.05, 4.69) is 111 Å². The van der Waals surface area contributed by atoms with E-state index in [1.807, 2.05) is 12.3 Å². The van der Waals surface area contributed by atoms with Crippen molar-refractivity contribution in [2.24, 2.45) is 0 Å². The van der Waals surface area contributed by atoms with Gasteiger partial charge in [-0.15, -0.1) is 0 Å². The summed E-state index contributed by atoms with van der Waals surface area (Å²) in [4.78, 5) is 4.83. The smallest absolute Gasteiger partial charge is 0.123 e. The fourth-order valence-electron chi connectivity index (χ4n) is 4.88. The van der Waals surface area contributed by atoms with E-state index in [0.29, 0.717) is 5.54 Å². The van der Waals surface area contributed by atoms with Crippen LogP contribution in [0, 0.1) is 0 Å². The van der Waals surface area contributed by atoms with Gasteiger partial charge in [-0.2, -0.15) is 0 Å². The fraction of sp³-hybridized carbons (Fsp3) is 0.192. The van der Waals surface area contributed by atoms with Crippen LogP contribution in [0.15, 0.2) is 109 Å². The lowest BCUT2D eigenvalue weighted by Crippen LogP contribution is -2.63. The molecule has 0 saturated heterocycles. The van der Waals surface area contributed by atoms with Crippen molar-refractivity contribution in [3.05, 3.63) is 115 Å². The molecule has 3 aromatic rings. The molecule has 0 aliphatic heterocycles. The lowest BCUT2D eigenvalue weighted by Gasteiger charge is -2.47. The Morgan fingerprint density at radius 1 is 0.821 bits per heavy atom. The molecule has 0 saturated carbocycles. The zero-order valence-corrected chi connectivity index (χ0v) is 17.6. The van der Waals surface area contributed by atoms with Gasteiger partial charge in [0.1, 0.15) is 8.07 Å². The SMILES string of the molecule is CC[C@@]1(c2ccccn2)C=CC=CC1[Si](C)(c1ccccc1)c1ccccc1. The molecule has 1 aliphatic carbocycles. The van der Waals surface area contributed by atoms with E-state index < -0.39 is 8.07 Å². The first-order valence-corrected chi connectivity index (χ1v) is 12.7. The van der Waals surface area contributed by atoms with Crippen LogP contribution in [-0.4, -0.2) is 13.1 Å². The minimum Gasteiger partial charge on any atom is -0.260 e. The second-order valence-electron chi connectivity index (χ2n) is 7.76. The molecule has 28 heavy (non-hydrogen) atoms. The Bertz CT molecular complexity index is 924. The van der Waals surface area contributed by atoms with Gasteiger partial charge in [-0.05, 0) is 24.1 Å². The Labute approximate surface area is 169 Å². The van der Waals surface area contributed by atoms with Crippen molar-refractivity contribution < 1.29 is 0 Å². The lowest BCUT2D eigenvalue weighted by atomic mass is 9.75. The van der Waals surface area contributed by atoms with E-state index in [0.717, 1.165) is 6.42 Å². The van der Waals surface area contributed by atoms with E-state index in [4.69, 9.17) is 4.98 Å². The van der Waals surface area contributed by atoms with Crippen molar-refractivity contribution in [2.45, 2.75) is 30.8 Å². The monoisotopic (exact) mass is 381 g/mol.